The van der Waals surface area contributed by atoms with E-state index < -0.39 is 10.0 Å². The summed E-state index contributed by atoms with van der Waals surface area (Å²) in [7, 11) is -0.408. The van der Waals surface area contributed by atoms with E-state index in [1.165, 1.54) is 17.0 Å². The second-order valence-electron chi connectivity index (χ2n) is 6.08. The van der Waals surface area contributed by atoms with E-state index in [9.17, 15) is 13.2 Å². The monoisotopic (exact) mass is 353 g/mol. The first-order valence-electron chi connectivity index (χ1n) is 7.65. The number of carbonyl (C=O) groups is 1. The number of carbonyl (C=O) groups excluding carboxylic acids is 1. The topological polar surface area (TPSA) is 79.4 Å². The maximum Gasteiger partial charge on any atom is 0.262 e. The summed E-state index contributed by atoms with van der Waals surface area (Å²) in [5, 5.41) is 0.841. The zero-order chi connectivity index (χ0) is 17.8. The minimum Gasteiger partial charge on any atom is -0.345 e. The molecule has 0 aliphatic carbocycles. The fourth-order valence-corrected chi connectivity index (χ4v) is 4.32. The number of aromatic nitrogens is 1. The Kier molecular flexibility index (Phi) is 3.30. The Morgan fingerprint density at radius 1 is 1.08 bits per heavy atom. The predicted molar refractivity (Wildman–Crippen MR) is 96.0 cm³/mol. The van der Waals surface area contributed by atoms with Crippen molar-refractivity contribution in [3.8, 4) is 11.1 Å². The predicted octanol–water partition coefficient (Wildman–Crippen LogP) is 2.72. The molecule has 1 aliphatic rings. The molecule has 7 heteroatoms. The summed E-state index contributed by atoms with van der Waals surface area (Å²) >= 11 is 0. The van der Waals surface area contributed by atoms with Gasteiger partial charge in [-0.25, -0.2) is 8.42 Å². The van der Waals surface area contributed by atoms with Crippen molar-refractivity contribution in [2.24, 2.45) is 0 Å². The Labute approximate surface area is 145 Å². The number of sulfonamides is 1. The van der Waals surface area contributed by atoms with Gasteiger partial charge in [-0.05, 0) is 24.3 Å². The van der Waals surface area contributed by atoms with E-state index in [0.717, 1.165) is 5.39 Å². The molecule has 2 heterocycles. The van der Waals surface area contributed by atoms with Gasteiger partial charge in [0.1, 0.15) is 0 Å². The third kappa shape index (κ3) is 2.35. The number of fused-ring (bicyclic) bond motifs is 5. The van der Waals surface area contributed by atoms with Crippen LogP contribution >= 0.6 is 0 Å². The van der Waals surface area contributed by atoms with Crippen LogP contribution in [-0.4, -0.2) is 38.3 Å². The summed E-state index contributed by atoms with van der Waals surface area (Å²) in [6.07, 6.45) is 1.62. The minimum absolute atomic E-state index is 0.158. The van der Waals surface area contributed by atoms with Gasteiger partial charge in [0.2, 0.25) is 0 Å². The first-order valence-corrected chi connectivity index (χ1v) is 9.13. The van der Waals surface area contributed by atoms with Gasteiger partial charge in [0.15, 0.2) is 0 Å². The fourth-order valence-electron chi connectivity index (χ4n) is 3.03. The lowest BCUT2D eigenvalue weighted by atomic mass is 9.98. The van der Waals surface area contributed by atoms with Gasteiger partial charge >= 0.3 is 0 Å². The second kappa shape index (κ2) is 5.29. The van der Waals surface area contributed by atoms with Crippen molar-refractivity contribution in [2.45, 2.75) is 4.90 Å². The van der Waals surface area contributed by atoms with E-state index in [0.29, 0.717) is 27.9 Å². The highest BCUT2D eigenvalue weighted by atomic mass is 32.2. The molecule has 2 aromatic carbocycles. The smallest absolute Gasteiger partial charge is 0.262 e. The molecule has 0 unspecified atom stereocenters. The Hall–Kier alpha value is -2.93. The molecule has 1 aliphatic heterocycles. The van der Waals surface area contributed by atoms with Gasteiger partial charge in [0.25, 0.3) is 15.9 Å². The average Bonchev–Trinajstić information content (AvgIpc) is 2.60. The van der Waals surface area contributed by atoms with Gasteiger partial charge in [-0.15, -0.1) is 0 Å². The van der Waals surface area contributed by atoms with Crippen molar-refractivity contribution in [3.05, 3.63) is 54.2 Å². The number of pyridine rings is 1. The van der Waals surface area contributed by atoms with Crippen LogP contribution in [0.15, 0.2) is 53.6 Å². The molecule has 0 saturated heterocycles. The van der Waals surface area contributed by atoms with Crippen LogP contribution in [0.4, 0.5) is 5.69 Å². The molecule has 0 saturated carbocycles. The molecule has 0 radical (unpaired) electrons. The summed E-state index contributed by atoms with van der Waals surface area (Å²) in [5.74, 6) is -0.181. The maximum absolute atomic E-state index is 12.7. The zero-order valence-corrected chi connectivity index (χ0v) is 14.5. The van der Waals surface area contributed by atoms with E-state index in [1.54, 1.807) is 32.4 Å². The second-order valence-corrected chi connectivity index (χ2v) is 7.73. The summed E-state index contributed by atoms with van der Waals surface area (Å²) in [6, 6.07) is 12.1. The number of benzene rings is 2. The highest BCUT2D eigenvalue weighted by Crippen LogP contribution is 2.42. The first-order chi connectivity index (χ1) is 11.9. The molecule has 3 aromatic rings. The van der Waals surface area contributed by atoms with Crippen molar-refractivity contribution in [3.63, 3.8) is 0 Å². The van der Waals surface area contributed by atoms with E-state index in [2.05, 4.69) is 9.71 Å². The van der Waals surface area contributed by atoms with E-state index in [4.69, 9.17) is 0 Å². The molecule has 0 atom stereocenters. The van der Waals surface area contributed by atoms with Crippen LogP contribution in [0.5, 0.6) is 0 Å². The quantitative estimate of drug-likeness (QED) is 0.729. The SMILES string of the molecule is CN(C)C(=O)c1ccc2c(c1)-c1ccc3cccnc3c1NS2(=O)=O. The molecule has 1 N–H and O–H groups in total. The maximum atomic E-state index is 12.7. The number of anilines is 1. The van der Waals surface area contributed by atoms with Crippen LogP contribution in [0.2, 0.25) is 0 Å². The summed E-state index contributed by atoms with van der Waals surface area (Å²) in [6.45, 7) is 0. The number of nitrogens with one attached hydrogen (secondary N) is 1. The Morgan fingerprint density at radius 3 is 2.64 bits per heavy atom. The van der Waals surface area contributed by atoms with E-state index in [1.807, 2.05) is 18.2 Å². The Balaban J connectivity index is 2.04. The molecule has 1 amide bonds. The van der Waals surface area contributed by atoms with Crippen molar-refractivity contribution in [1.82, 2.24) is 9.88 Å². The van der Waals surface area contributed by atoms with E-state index >= 15 is 0 Å². The largest absolute Gasteiger partial charge is 0.345 e. The third-order valence-corrected chi connectivity index (χ3v) is 5.63. The van der Waals surface area contributed by atoms with Gasteiger partial charge in [-0.2, -0.15) is 0 Å². The first kappa shape index (κ1) is 15.6. The van der Waals surface area contributed by atoms with Gasteiger partial charge in [-0.3, -0.25) is 14.5 Å². The lowest BCUT2D eigenvalue weighted by molar-refractivity contribution is 0.0827. The average molecular weight is 353 g/mol. The van der Waals surface area contributed by atoms with Crippen LogP contribution in [-0.2, 0) is 10.0 Å². The fraction of sp³-hybridized carbons (Fsp3) is 0.111. The lowest BCUT2D eigenvalue weighted by Gasteiger charge is -2.23. The minimum atomic E-state index is -3.72. The van der Waals surface area contributed by atoms with Crippen molar-refractivity contribution >= 4 is 32.5 Å². The highest BCUT2D eigenvalue weighted by Gasteiger charge is 2.29. The van der Waals surface area contributed by atoms with Crippen LogP contribution in [0.25, 0.3) is 22.0 Å². The molecule has 6 nitrogen and oxygen atoms in total. The standard InChI is InChI=1S/C18H15N3O3S/c1-21(2)18(22)12-6-8-15-14(10-12)13-7-5-11-4-3-9-19-16(11)17(13)20-25(15,23)24/h3-10,20H,1-2H3. The summed E-state index contributed by atoms with van der Waals surface area (Å²) in [4.78, 5) is 18.2. The molecule has 25 heavy (non-hydrogen) atoms. The third-order valence-electron chi connectivity index (χ3n) is 4.22. The van der Waals surface area contributed by atoms with Crippen LogP contribution < -0.4 is 4.72 Å². The van der Waals surface area contributed by atoms with Crippen LogP contribution in [0.1, 0.15) is 10.4 Å². The molecule has 0 fully saturated rings. The number of hydrogen-bond acceptors (Lipinski definition) is 4. The normalized spacial score (nSPS) is 14.3. The van der Waals surface area contributed by atoms with Gasteiger partial charge in [0, 0.05) is 42.4 Å². The van der Waals surface area contributed by atoms with Crippen molar-refractivity contribution in [2.75, 3.05) is 18.8 Å². The number of hydrogen-bond donors (Lipinski definition) is 1. The van der Waals surface area contributed by atoms with Crippen LogP contribution in [0, 0.1) is 0 Å². The molecule has 126 valence electrons. The van der Waals surface area contributed by atoms with Crippen LogP contribution in [0.3, 0.4) is 0 Å². The van der Waals surface area contributed by atoms with Crippen molar-refractivity contribution < 1.29 is 13.2 Å². The highest BCUT2D eigenvalue weighted by molar-refractivity contribution is 7.93. The molecular formula is C18H15N3O3S. The molecule has 4 rings (SSSR count). The number of amides is 1. The number of nitrogens with zero attached hydrogens (tertiary/aromatic N) is 2. The Bertz CT molecular complexity index is 1140. The number of rotatable bonds is 1. The summed E-state index contributed by atoms with van der Waals surface area (Å²) < 4.78 is 27.9. The summed E-state index contributed by atoms with van der Waals surface area (Å²) in [5.41, 5.74) is 2.69. The van der Waals surface area contributed by atoms with E-state index in [-0.39, 0.29) is 10.8 Å². The molecule has 1 aromatic heterocycles. The van der Waals surface area contributed by atoms with Gasteiger partial charge in [0.05, 0.1) is 16.1 Å². The molecule has 0 spiro atoms. The van der Waals surface area contributed by atoms with Gasteiger partial charge < -0.3 is 4.90 Å². The molecular weight excluding hydrogens is 338 g/mol. The Morgan fingerprint density at radius 2 is 1.88 bits per heavy atom. The lowest BCUT2D eigenvalue weighted by Crippen LogP contribution is -2.23. The molecule has 0 bridgehead atoms. The van der Waals surface area contributed by atoms with Crippen molar-refractivity contribution in [1.29, 1.82) is 0 Å². The van der Waals surface area contributed by atoms with Gasteiger partial charge in [-0.1, -0.05) is 18.2 Å². The zero-order valence-electron chi connectivity index (χ0n) is 13.6.